The molecule has 2 rings (SSSR count). The highest BCUT2D eigenvalue weighted by Crippen LogP contribution is 2.25. The van der Waals surface area contributed by atoms with E-state index in [4.69, 9.17) is 0 Å². The van der Waals surface area contributed by atoms with Crippen molar-refractivity contribution in [2.45, 2.75) is 56.2 Å². The van der Waals surface area contributed by atoms with E-state index in [0.717, 1.165) is 19.3 Å². The van der Waals surface area contributed by atoms with Crippen molar-refractivity contribution in [2.75, 3.05) is 12.3 Å². The minimum Gasteiger partial charge on any atom is -0.480 e. The summed E-state index contributed by atoms with van der Waals surface area (Å²) < 4.78 is 24.1. The van der Waals surface area contributed by atoms with Gasteiger partial charge in [0.1, 0.15) is 11.3 Å². The fourth-order valence-electron chi connectivity index (χ4n) is 3.05. The lowest BCUT2D eigenvalue weighted by molar-refractivity contribution is -0.150. The summed E-state index contributed by atoms with van der Waals surface area (Å²) in [5, 5.41) is 8.24. The quantitative estimate of drug-likeness (QED) is 0.815. The van der Waals surface area contributed by atoms with Crippen LogP contribution in [-0.4, -0.2) is 53.9 Å². The average molecular weight is 303 g/mol. The molecule has 2 aliphatic heterocycles. The zero-order chi connectivity index (χ0) is 14.8. The molecule has 2 unspecified atom stereocenters. The molecule has 0 saturated carbocycles. The van der Waals surface area contributed by atoms with E-state index in [2.05, 4.69) is 0 Å². The third kappa shape index (κ3) is 3.13. The lowest BCUT2D eigenvalue weighted by Crippen LogP contribution is -2.51. The summed E-state index contributed by atoms with van der Waals surface area (Å²) in [6.07, 6.45) is 4.42. The van der Waals surface area contributed by atoms with Gasteiger partial charge >= 0.3 is 5.97 Å². The van der Waals surface area contributed by atoms with Gasteiger partial charge in [-0.05, 0) is 25.7 Å². The van der Waals surface area contributed by atoms with Gasteiger partial charge in [-0.3, -0.25) is 4.79 Å². The van der Waals surface area contributed by atoms with Crippen molar-refractivity contribution in [3.05, 3.63) is 0 Å². The van der Waals surface area contributed by atoms with E-state index < -0.39 is 33.0 Å². The molecule has 0 spiro atoms. The molecule has 2 atom stereocenters. The molecule has 2 fully saturated rings. The Kier molecular flexibility index (Phi) is 4.67. The third-order valence-corrected chi connectivity index (χ3v) is 6.34. The molecule has 1 N–H and O–H groups in total. The van der Waals surface area contributed by atoms with Crippen molar-refractivity contribution in [1.82, 2.24) is 4.90 Å². The molecule has 2 heterocycles. The van der Waals surface area contributed by atoms with Crippen molar-refractivity contribution in [3.63, 3.8) is 0 Å². The van der Waals surface area contributed by atoms with Crippen LogP contribution in [0.2, 0.25) is 0 Å². The molecule has 0 aliphatic carbocycles. The van der Waals surface area contributed by atoms with E-state index in [-0.39, 0.29) is 5.75 Å². The molecule has 0 aromatic heterocycles. The van der Waals surface area contributed by atoms with Gasteiger partial charge in [0.05, 0.1) is 5.75 Å². The van der Waals surface area contributed by atoms with Crippen molar-refractivity contribution in [2.24, 2.45) is 0 Å². The minimum atomic E-state index is -3.42. The molecule has 20 heavy (non-hydrogen) atoms. The Bertz CT molecular complexity index is 487. The van der Waals surface area contributed by atoms with Crippen LogP contribution in [0.5, 0.6) is 0 Å². The first kappa shape index (κ1) is 15.3. The summed E-state index contributed by atoms with van der Waals surface area (Å²) in [7, 11) is -3.42. The van der Waals surface area contributed by atoms with Gasteiger partial charge in [0.2, 0.25) is 5.91 Å². The van der Waals surface area contributed by atoms with Crippen LogP contribution < -0.4 is 0 Å². The largest absolute Gasteiger partial charge is 0.480 e. The number of hydrogen-bond donors (Lipinski definition) is 1. The number of amides is 1. The van der Waals surface area contributed by atoms with Gasteiger partial charge in [-0.2, -0.15) is 0 Å². The Morgan fingerprint density at radius 1 is 1.00 bits per heavy atom. The van der Waals surface area contributed by atoms with Gasteiger partial charge in [0.25, 0.3) is 0 Å². The molecule has 0 aromatic rings. The average Bonchev–Trinajstić information content (AvgIpc) is 2.63. The molecular weight excluding hydrogens is 282 g/mol. The lowest BCUT2D eigenvalue weighted by Gasteiger charge is -2.31. The summed E-state index contributed by atoms with van der Waals surface area (Å²) in [5.74, 6) is -1.50. The van der Waals surface area contributed by atoms with E-state index in [9.17, 15) is 23.1 Å². The fraction of sp³-hybridized carbons (Fsp3) is 0.846. The second kappa shape index (κ2) is 6.11. The summed E-state index contributed by atoms with van der Waals surface area (Å²) in [5.41, 5.74) is 0. The number of rotatable bonds is 2. The first-order valence-electron chi connectivity index (χ1n) is 7.18. The molecule has 2 saturated heterocycles. The number of carbonyl (C=O) groups is 2. The number of aliphatic carboxylic acids is 1. The number of hydrogen-bond acceptors (Lipinski definition) is 4. The number of nitrogens with zero attached hydrogens (tertiary/aromatic N) is 1. The zero-order valence-corrected chi connectivity index (χ0v) is 12.3. The standard InChI is InChI=1S/C13H21NO5S/c15-12(11-7-3-5-9-20(11,18)19)14-8-4-1-2-6-10(14)13(16)17/h10-11H,1-9H2,(H,16,17). The van der Waals surface area contributed by atoms with Crippen LogP contribution in [0.4, 0.5) is 0 Å². The molecule has 0 radical (unpaired) electrons. The Morgan fingerprint density at radius 3 is 2.35 bits per heavy atom. The third-order valence-electron chi connectivity index (χ3n) is 4.18. The molecule has 0 aromatic carbocycles. The first-order chi connectivity index (χ1) is 9.43. The van der Waals surface area contributed by atoms with Crippen LogP contribution in [0.25, 0.3) is 0 Å². The van der Waals surface area contributed by atoms with Crippen LogP contribution >= 0.6 is 0 Å². The number of carboxylic acid groups (broad SMARTS) is 1. The normalized spacial score (nSPS) is 30.5. The zero-order valence-electron chi connectivity index (χ0n) is 11.5. The maximum atomic E-state index is 12.5. The maximum absolute atomic E-state index is 12.5. The summed E-state index contributed by atoms with van der Waals surface area (Å²) >= 11 is 0. The van der Waals surface area contributed by atoms with Crippen LogP contribution in [0, 0.1) is 0 Å². The maximum Gasteiger partial charge on any atom is 0.326 e. The second-order valence-corrected chi connectivity index (χ2v) is 7.89. The van der Waals surface area contributed by atoms with E-state index >= 15 is 0 Å². The van der Waals surface area contributed by atoms with Gasteiger partial charge < -0.3 is 10.0 Å². The van der Waals surface area contributed by atoms with Crippen molar-refractivity contribution >= 4 is 21.7 Å². The van der Waals surface area contributed by atoms with Crippen molar-refractivity contribution < 1.29 is 23.1 Å². The molecule has 6 nitrogen and oxygen atoms in total. The molecule has 0 bridgehead atoms. The summed E-state index contributed by atoms with van der Waals surface area (Å²) in [6, 6.07) is -0.873. The second-order valence-electron chi connectivity index (χ2n) is 5.59. The Balaban J connectivity index is 2.22. The summed E-state index contributed by atoms with van der Waals surface area (Å²) in [4.78, 5) is 25.1. The molecule has 1 amide bonds. The SMILES string of the molecule is O=C(O)C1CCCCCN1C(=O)C1CCCCS1(=O)=O. The first-order valence-corrected chi connectivity index (χ1v) is 8.90. The van der Waals surface area contributed by atoms with Crippen LogP contribution in [-0.2, 0) is 19.4 Å². The molecule has 2 aliphatic rings. The predicted molar refractivity (Wildman–Crippen MR) is 73.0 cm³/mol. The molecule has 114 valence electrons. The Labute approximate surface area is 119 Å². The highest BCUT2D eigenvalue weighted by Gasteiger charge is 2.41. The van der Waals surface area contributed by atoms with Crippen molar-refractivity contribution in [3.8, 4) is 0 Å². The van der Waals surface area contributed by atoms with Crippen LogP contribution in [0.15, 0.2) is 0 Å². The van der Waals surface area contributed by atoms with E-state index in [1.54, 1.807) is 0 Å². The fourth-order valence-corrected chi connectivity index (χ4v) is 4.91. The van der Waals surface area contributed by atoms with E-state index in [0.29, 0.717) is 32.2 Å². The summed E-state index contributed by atoms with van der Waals surface area (Å²) in [6.45, 7) is 0.349. The van der Waals surface area contributed by atoms with Gasteiger partial charge in [-0.1, -0.05) is 19.3 Å². The number of carbonyl (C=O) groups excluding carboxylic acids is 1. The Morgan fingerprint density at radius 2 is 1.70 bits per heavy atom. The smallest absolute Gasteiger partial charge is 0.326 e. The van der Waals surface area contributed by atoms with Gasteiger partial charge in [-0.25, -0.2) is 13.2 Å². The predicted octanol–water partition coefficient (Wildman–Crippen LogP) is 0.809. The molecule has 7 heteroatoms. The van der Waals surface area contributed by atoms with Gasteiger partial charge in [0, 0.05) is 6.54 Å². The number of sulfone groups is 1. The minimum absolute atomic E-state index is 0.0367. The van der Waals surface area contributed by atoms with Gasteiger partial charge in [0.15, 0.2) is 9.84 Å². The van der Waals surface area contributed by atoms with Crippen LogP contribution in [0.3, 0.4) is 0 Å². The highest BCUT2D eigenvalue weighted by atomic mass is 32.2. The van der Waals surface area contributed by atoms with Crippen LogP contribution in [0.1, 0.15) is 44.9 Å². The number of likely N-dealkylation sites (tertiary alicyclic amines) is 1. The van der Waals surface area contributed by atoms with E-state index in [1.165, 1.54) is 4.90 Å². The number of carboxylic acids is 1. The molecular formula is C13H21NO5S. The Hall–Kier alpha value is -1.11. The van der Waals surface area contributed by atoms with Gasteiger partial charge in [-0.15, -0.1) is 0 Å². The monoisotopic (exact) mass is 303 g/mol. The lowest BCUT2D eigenvalue weighted by atomic mass is 10.1. The van der Waals surface area contributed by atoms with Crippen molar-refractivity contribution in [1.29, 1.82) is 0 Å². The topological polar surface area (TPSA) is 91.8 Å². The van der Waals surface area contributed by atoms with E-state index in [1.807, 2.05) is 0 Å². The highest BCUT2D eigenvalue weighted by molar-refractivity contribution is 7.92.